The molecule has 0 spiro atoms. The predicted molar refractivity (Wildman–Crippen MR) is 49.4 cm³/mol. The molecule has 86 valence electrons. The summed E-state index contributed by atoms with van der Waals surface area (Å²) in [7, 11) is -4.47. The minimum atomic E-state index is -4.47. The summed E-state index contributed by atoms with van der Waals surface area (Å²) in [4.78, 5) is 0. The van der Waals surface area contributed by atoms with E-state index in [1.165, 1.54) is 6.92 Å². The van der Waals surface area contributed by atoms with Crippen molar-refractivity contribution in [1.82, 2.24) is 4.31 Å². The van der Waals surface area contributed by atoms with E-state index in [1.807, 2.05) is 0 Å². The van der Waals surface area contributed by atoms with Crippen molar-refractivity contribution in [1.29, 1.82) is 0 Å². The van der Waals surface area contributed by atoms with Gasteiger partial charge in [0.2, 0.25) is 0 Å². The van der Waals surface area contributed by atoms with Crippen LogP contribution >= 0.6 is 0 Å². The Hall–Kier alpha value is 1.43. The molecule has 0 radical (unpaired) electrons. The first-order chi connectivity index (χ1) is 6.41. The van der Waals surface area contributed by atoms with E-state index in [4.69, 9.17) is 4.74 Å². The van der Waals surface area contributed by atoms with Crippen LogP contribution in [0.2, 0.25) is 0 Å². The molecule has 0 aromatic rings. The minimum Gasteiger partial charge on any atom is -0.735 e. The normalized spacial score (nSPS) is 13.7. The molecule has 0 aliphatic rings. The van der Waals surface area contributed by atoms with Crippen LogP contribution in [0.4, 0.5) is 0 Å². The smallest absolute Gasteiger partial charge is 0.735 e. The van der Waals surface area contributed by atoms with E-state index >= 15 is 0 Å². The molecule has 0 aromatic carbocycles. The molecule has 6 nitrogen and oxygen atoms in total. The number of hydrogen-bond acceptors (Lipinski definition) is 5. The van der Waals surface area contributed by atoms with Gasteiger partial charge >= 0.3 is 51.4 Å². The van der Waals surface area contributed by atoms with Crippen molar-refractivity contribution in [2.75, 3.05) is 26.3 Å². The molecule has 1 N–H and O–H groups in total. The van der Waals surface area contributed by atoms with Crippen LogP contribution in [0.1, 0.15) is 13.8 Å². The average molecular weight is 265 g/mol. The van der Waals surface area contributed by atoms with Crippen LogP contribution in [0.3, 0.4) is 0 Å². The monoisotopic (exact) mass is 265 g/mol. The second-order valence-electron chi connectivity index (χ2n) is 2.72. The van der Waals surface area contributed by atoms with Gasteiger partial charge in [0, 0.05) is 19.7 Å². The molecule has 0 heterocycles. The van der Waals surface area contributed by atoms with Crippen molar-refractivity contribution < 1.29 is 74.2 Å². The van der Waals surface area contributed by atoms with Gasteiger partial charge in [0.25, 0.3) is 0 Å². The van der Waals surface area contributed by atoms with Crippen molar-refractivity contribution in [3.8, 4) is 0 Å². The summed E-state index contributed by atoms with van der Waals surface area (Å²) >= 11 is 0. The van der Waals surface area contributed by atoms with E-state index in [0.717, 1.165) is 0 Å². The molecule has 15 heavy (non-hydrogen) atoms. The summed E-state index contributed by atoms with van der Waals surface area (Å²) in [6.07, 6.45) is -0.960. The second kappa shape index (κ2) is 9.46. The number of aliphatic hydroxyl groups is 1. The van der Waals surface area contributed by atoms with E-state index in [2.05, 4.69) is 0 Å². The van der Waals surface area contributed by atoms with Crippen LogP contribution in [0, 0.1) is 0 Å². The van der Waals surface area contributed by atoms with Crippen molar-refractivity contribution in [2.45, 2.75) is 20.0 Å². The SMILES string of the molecule is CCOCC(O)CN(CC)S(=O)(=O)[O-].[K+]. The third-order valence-corrected chi connectivity index (χ3v) is 2.64. The van der Waals surface area contributed by atoms with Crippen LogP contribution in [0.5, 0.6) is 0 Å². The Morgan fingerprint density at radius 1 is 1.47 bits per heavy atom. The fourth-order valence-corrected chi connectivity index (χ4v) is 1.59. The molecular weight excluding hydrogens is 249 g/mol. The summed E-state index contributed by atoms with van der Waals surface area (Å²) in [5.74, 6) is 0. The summed E-state index contributed by atoms with van der Waals surface area (Å²) < 4.78 is 37.3. The zero-order chi connectivity index (χ0) is 11.2. The van der Waals surface area contributed by atoms with Crippen LogP contribution in [-0.2, 0) is 15.0 Å². The first-order valence-corrected chi connectivity index (χ1v) is 5.75. The topological polar surface area (TPSA) is 89.9 Å². The largest absolute Gasteiger partial charge is 1.00 e. The number of rotatable bonds is 7. The van der Waals surface area contributed by atoms with Crippen molar-refractivity contribution in [3.63, 3.8) is 0 Å². The van der Waals surface area contributed by atoms with Gasteiger partial charge in [0.05, 0.1) is 12.7 Å². The van der Waals surface area contributed by atoms with E-state index in [0.29, 0.717) is 10.9 Å². The molecule has 0 saturated heterocycles. The first kappa shape index (κ1) is 18.8. The summed E-state index contributed by atoms with van der Waals surface area (Å²) in [6.45, 7) is 3.59. The fraction of sp³-hybridized carbons (Fsp3) is 1.00. The Morgan fingerprint density at radius 2 is 2.00 bits per heavy atom. The maximum Gasteiger partial charge on any atom is 1.00 e. The maximum atomic E-state index is 10.6. The minimum absolute atomic E-state index is 0. The van der Waals surface area contributed by atoms with Gasteiger partial charge in [0.15, 0.2) is 10.3 Å². The van der Waals surface area contributed by atoms with Gasteiger partial charge in [-0.05, 0) is 6.92 Å². The number of nitrogens with zero attached hydrogens (tertiary/aromatic N) is 1. The van der Waals surface area contributed by atoms with Gasteiger partial charge in [-0.2, -0.15) is 0 Å². The van der Waals surface area contributed by atoms with E-state index in [9.17, 15) is 18.1 Å². The summed E-state index contributed by atoms with van der Waals surface area (Å²) in [5.41, 5.74) is 0. The first-order valence-electron chi connectivity index (χ1n) is 4.38. The van der Waals surface area contributed by atoms with Crippen molar-refractivity contribution in [2.24, 2.45) is 0 Å². The van der Waals surface area contributed by atoms with Gasteiger partial charge in [0.1, 0.15) is 0 Å². The zero-order valence-electron chi connectivity index (χ0n) is 9.34. The maximum absolute atomic E-state index is 10.6. The molecule has 1 atom stereocenters. The van der Waals surface area contributed by atoms with Crippen LogP contribution in [0.15, 0.2) is 0 Å². The molecule has 8 heteroatoms. The predicted octanol–water partition coefficient (Wildman–Crippen LogP) is -3.83. The van der Waals surface area contributed by atoms with E-state index < -0.39 is 16.4 Å². The quantitative estimate of drug-likeness (QED) is 0.376. The Bertz CT molecular complexity index is 246. The van der Waals surface area contributed by atoms with E-state index in [1.54, 1.807) is 6.92 Å². The molecule has 1 unspecified atom stereocenters. The molecule has 0 amide bonds. The number of hydrogen-bond donors (Lipinski definition) is 1. The second-order valence-corrected chi connectivity index (χ2v) is 4.09. The third kappa shape index (κ3) is 9.16. The van der Waals surface area contributed by atoms with Crippen molar-refractivity contribution in [3.05, 3.63) is 0 Å². The molecule has 0 bridgehead atoms. The molecule has 0 aliphatic heterocycles. The Labute approximate surface area is 133 Å². The van der Waals surface area contributed by atoms with Crippen LogP contribution in [0.25, 0.3) is 0 Å². The molecule has 0 aromatic heterocycles. The molecule has 0 fully saturated rings. The van der Waals surface area contributed by atoms with Gasteiger partial charge in [-0.25, -0.2) is 12.7 Å². The van der Waals surface area contributed by atoms with Gasteiger partial charge in [-0.15, -0.1) is 0 Å². The molecular formula is C7H16KNO5S. The molecule has 0 rings (SSSR count). The summed E-state index contributed by atoms with van der Waals surface area (Å²) in [5, 5.41) is 9.28. The number of likely N-dealkylation sites (N-methyl/N-ethyl adjacent to an activating group) is 1. The Morgan fingerprint density at radius 3 is 2.33 bits per heavy atom. The Kier molecular flexibility index (Phi) is 11.8. The van der Waals surface area contributed by atoms with E-state index in [-0.39, 0.29) is 71.1 Å². The fourth-order valence-electron chi connectivity index (χ4n) is 0.920. The molecule has 0 saturated carbocycles. The number of ether oxygens (including phenoxy) is 1. The Balaban J connectivity index is 0. The van der Waals surface area contributed by atoms with Crippen LogP contribution < -0.4 is 51.4 Å². The van der Waals surface area contributed by atoms with Crippen LogP contribution in [-0.4, -0.2) is 54.8 Å². The zero-order valence-corrected chi connectivity index (χ0v) is 13.3. The van der Waals surface area contributed by atoms with Gasteiger partial charge < -0.3 is 14.4 Å². The molecule has 0 aliphatic carbocycles. The van der Waals surface area contributed by atoms with Gasteiger partial charge in [-0.1, -0.05) is 6.92 Å². The summed E-state index contributed by atoms with van der Waals surface area (Å²) in [6, 6.07) is 0. The van der Waals surface area contributed by atoms with Crippen molar-refractivity contribution >= 4 is 10.3 Å². The standard InChI is InChI=1S/C7H17NO5S.K/c1-3-8(14(10,11)12)5-7(9)6-13-4-2;/h7,9H,3-6H2,1-2H3,(H,10,11,12);/q;+1/p-1. The number of aliphatic hydroxyl groups excluding tert-OH is 1. The average Bonchev–Trinajstić information content (AvgIpc) is 2.08. The third-order valence-electron chi connectivity index (χ3n) is 1.60. The van der Waals surface area contributed by atoms with Gasteiger partial charge in [-0.3, -0.25) is 0 Å².